The molecule has 1 aromatic rings. The predicted molar refractivity (Wildman–Crippen MR) is 73.9 cm³/mol. The summed E-state index contributed by atoms with van der Waals surface area (Å²) < 4.78 is 0. The maximum Gasteiger partial charge on any atom is 0.253 e. The van der Waals surface area contributed by atoms with Crippen molar-refractivity contribution in [1.82, 2.24) is 19.8 Å². The third-order valence-electron chi connectivity index (χ3n) is 2.98. The Morgan fingerprint density at radius 2 is 2.17 bits per heavy atom. The Kier molecular flexibility index (Phi) is 4.62. The van der Waals surface area contributed by atoms with Gasteiger partial charge in [-0.2, -0.15) is 0 Å². The van der Waals surface area contributed by atoms with Crippen LogP contribution in [0.4, 0.5) is 5.82 Å². The Morgan fingerprint density at radius 1 is 1.44 bits per heavy atom. The number of nitrogens with one attached hydrogen (secondary N) is 1. The van der Waals surface area contributed by atoms with Gasteiger partial charge in [-0.15, -0.1) is 0 Å². The first-order chi connectivity index (χ1) is 8.63. The van der Waals surface area contributed by atoms with Gasteiger partial charge in [0.1, 0.15) is 5.82 Å². The number of aromatic nitrogens is 2. The van der Waals surface area contributed by atoms with Crippen LogP contribution in [0.3, 0.4) is 0 Å². The minimum absolute atomic E-state index is 0.190. The third kappa shape index (κ3) is 4.01. The smallest absolute Gasteiger partial charge is 0.253 e. The predicted octanol–water partition coefficient (Wildman–Crippen LogP) is -0.308. The number of hydrogen-bond acceptors (Lipinski definition) is 6. The minimum atomic E-state index is -0.190. The molecule has 2 rings (SSSR count). The van der Waals surface area contributed by atoms with Crippen LogP contribution in [-0.4, -0.2) is 65.3 Å². The Morgan fingerprint density at radius 3 is 2.83 bits per heavy atom. The molecule has 1 saturated heterocycles. The monoisotopic (exact) mass is 269 g/mol. The molecule has 7 heteroatoms. The first-order valence-electron chi connectivity index (χ1n) is 6.04. The summed E-state index contributed by atoms with van der Waals surface area (Å²) in [6, 6.07) is 1.30. The van der Waals surface area contributed by atoms with E-state index in [-0.39, 0.29) is 11.4 Å². The molecule has 0 spiro atoms. The Balaban J connectivity index is 1.76. The summed E-state index contributed by atoms with van der Waals surface area (Å²) >= 11 is 1.54. The first kappa shape index (κ1) is 13.4. The zero-order chi connectivity index (χ0) is 13.0. The summed E-state index contributed by atoms with van der Waals surface area (Å²) in [5.41, 5.74) is 5.34. The highest BCUT2D eigenvalue weighted by Crippen LogP contribution is 2.12. The molecule has 1 aromatic heterocycles. The molecule has 0 radical (unpaired) electrons. The van der Waals surface area contributed by atoms with Crippen molar-refractivity contribution in [2.24, 2.45) is 0 Å². The fraction of sp³-hybridized carbons (Fsp3) is 0.636. The third-order valence-corrected chi connectivity index (χ3v) is 3.84. The van der Waals surface area contributed by atoms with Crippen LogP contribution < -0.4 is 11.3 Å². The number of piperazine rings is 1. The maximum atomic E-state index is 11.2. The van der Waals surface area contributed by atoms with E-state index in [1.807, 2.05) is 0 Å². The zero-order valence-corrected chi connectivity index (χ0v) is 11.4. The van der Waals surface area contributed by atoms with E-state index >= 15 is 0 Å². The lowest BCUT2D eigenvalue weighted by atomic mass is 10.3. The van der Waals surface area contributed by atoms with Gasteiger partial charge in [-0.1, -0.05) is 11.8 Å². The number of rotatable bonds is 4. The molecule has 1 aliphatic heterocycles. The lowest BCUT2D eigenvalue weighted by Crippen LogP contribution is -2.45. The van der Waals surface area contributed by atoms with Gasteiger partial charge in [0.05, 0.1) is 0 Å². The van der Waals surface area contributed by atoms with Gasteiger partial charge in [-0.25, -0.2) is 4.98 Å². The second-order valence-corrected chi connectivity index (χ2v) is 5.55. The summed E-state index contributed by atoms with van der Waals surface area (Å²) in [4.78, 5) is 22.7. The highest BCUT2D eigenvalue weighted by atomic mass is 32.2. The average Bonchev–Trinajstić information content (AvgIpc) is 2.30. The molecule has 0 unspecified atom stereocenters. The van der Waals surface area contributed by atoms with Crippen molar-refractivity contribution in [2.45, 2.75) is 5.16 Å². The zero-order valence-electron chi connectivity index (χ0n) is 10.6. The van der Waals surface area contributed by atoms with Gasteiger partial charge in [-0.3, -0.25) is 9.69 Å². The van der Waals surface area contributed by atoms with E-state index in [0.29, 0.717) is 5.16 Å². The van der Waals surface area contributed by atoms with Crippen molar-refractivity contribution in [3.63, 3.8) is 0 Å². The highest BCUT2D eigenvalue weighted by molar-refractivity contribution is 7.99. The number of nitrogens with two attached hydrogens (primary N) is 1. The average molecular weight is 269 g/mol. The van der Waals surface area contributed by atoms with Crippen molar-refractivity contribution in [2.75, 3.05) is 51.3 Å². The maximum absolute atomic E-state index is 11.2. The van der Waals surface area contributed by atoms with Gasteiger partial charge in [0.2, 0.25) is 0 Å². The molecule has 0 aliphatic carbocycles. The van der Waals surface area contributed by atoms with Crippen LogP contribution in [-0.2, 0) is 0 Å². The van der Waals surface area contributed by atoms with Crippen molar-refractivity contribution < 1.29 is 0 Å². The van der Waals surface area contributed by atoms with Crippen LogP contribution in [0.5, 0.6) is 0 Å². The quantitative estimate of drug-likeness (QED) is 0.577. The molecule has 18 heavy (non-hydrogen) atoms. The Hall–Kier alpha value is -1.05. The van der Waals surface area contributed by atoms with Gasteiger partial charge in [0, 0.05) is 44.5 Å². The summed E-state index contributed by atoms with van der Waals surface area (Å²) in [5.74, 6) is 1.19. The second-order valence-electron chi connectivity index (χ2n) is 4.47. The molecule has 0 atom stereocenters. The number of hydrogen-bond donors (Lipinski definition) is 2. The van der Waals surface area contributed by atoms with Crippen LogP contribution in [0, 0.1) is 0 Å². The molecule has 2 heterocycles. The highest BCUT2D eigenvalue weighted by Gasteiger charge is 2.13. The lowest BCUT2D eigenvalue weighted by molar-refractivity contribution is 0.161. The van der Waals surface area contributed by atoms with E-state index in [0.717, 1.165) is 38.5 Å². The largest absolute Gasteiger partial charge is 0.383 e. The first-order valence-corrected chi connectivity index (χ1v) is 7.02. The van der Waals surface area contributed by atoms with E-state index in [1.54, 1.807) is 11.8 Å². The summed E-state index contributed by atoms with van der Waals surface area (Å²) in [7, 11) is 2.15. The van der Waals surface area contributed by atoms with E-state index in [9.17, 15) is 4.79 Å². The topological polar surface area (TPSA) is 78.2 Å². The molecule has 0 bridgehead atoms. The minimum Gasteiger partial charge on any atom is -0.383 e. The summed E-state index contributed by atoms with van der Waals surface area (Å²) in [6.07, 6.45) is 0. The van der Waals surface area contributed by atoms with Crippen LogP contribution in [0.25, 0.3) is 0 Å². The van der Waals surface area contributed by atoms with Gasteiger partial charge >= 0.3 is 0 Å². The molecule has 3 N–H and O–H groups in total. The van der Waals surface area contributed by atoms with Gasteiger partial charge < -0.3 is 15.6 Å². The van der Waals surface area contributed by atoms with Crippen molar-refractivity contribution in [3.05, 3.63) is 16.4 Å². The van der Waals surface area contributed by atoms with Crippen molar-refractivity contribution in [3.8, 4) is 0 Å². The van der Waals surface area contributed by atoms with Crippen molar-refractivity contribution >= 4 is 17.6 Å². The normalized spacial score (nSPS) is 18.1. The lowest BCUT2D eigenvalue weighted by Gasteiger charge is -2.32. The molecular weight excluding hydrogens is 250 g/mol. The number of anilines is 1. The van der Waals surface area contributed by atoms with E-state index < -0.39 is 0 Å². The molecule has 1 fully saturated rings. The number of nitrogen functional groups attached to an aromatic ring is 1. The van der Waals surface area contributed by atoms with E-state index in [1.165, 1.54) is 6.07 Å². The number of H-pyrrole nitrogens is 1. The second kappa shape index (κ2) is 6.21. The summed E-state index contributed by atoms with van der Waals surface area (Å²) in [5, 5.41) is 0.606. The van der Waals surface area contributed by atoms with E-state index in [4.69, 9.17) is 5.73 Å². The molecule has 0 saturated carbocycles. The fourth-order valence-electron chi connectivity index (χ4n) is 1.86. The summed E-state index contributed by atoms with van der Waals surface area (Å²) in [6.45, 7) is 5.48. The number of nitrogens with zero attached hydrogens (tertiary/aromatic N) is 3. The van der Waals surface area contributed by atoms with E-state index in [2.05, 4.69) is 26.8 Å². The van der Waals surface area contributed by atoms with Crippen LogP contribution >= 0.6 is 11.8 Å². The van der Waals surface area contributed by atoms with Crippen LogP contribution in [0.2, 0.25) is 0 Å². The van der Waals surface area contributed by atoms with Gasteiger partial charge in [0.25, 0.3) is 5.56 Å². The van der Waals surface area contributed by atoms with Crippen LogP contribution in [0.1, 0.15) is 0 Å². The van der Waals surface area contributed by atoms with Crippen molar-refractivity contribution in [1.29, 1.82) is 0 Å². The van der Waals surface area contributed by atoms with Gasteiger partial charge in [0.15, 0.2) is 5.16 Å². The van der Waals surface area contributed by atoms with Gasteiger partial charge in [-0.05, 0) is 7.05 Å². The molecule has 6 nitrogen and oxygen atoms in total. The Labute approximate surface area is 111 Å². The molecule has 0 amide bonds. The molecule has 0 aromatic carbocycles. The van der Waals surface area contributed by atoms with Crippen LogP contribution in [0.15, 0.2) is 16.0 Å². The molecular formula is C11H19N5OS. The number of likely N-dealkylation sites (N-methyl/N-ethyl adjacent to an activating group) is 1. The molecule has 100 valence electrons. The Bertz CT molecular complexity index is 441. The fourth-order valence-corrected chi connectivity index (χ4v) is 2.75. The molecule has 1 aliphatic rings. The standard InChI is InChI=1S/C11H19N5OS/c1-15-2-4-16(5-3-15)6-7-18-11-13-9(12)8-10(17)14-11/h8H,2-7H2,1H3,(H3,12,13,14,17). The SMILES string of the molecule is CN1CCN(CCSc2nc(N)cc(=O)[nH]2)CC1. The number of aromatic amines is 1. The number of thioether (sulfide) groups is 1.